The summed E-state index contributed by atoms with van der Waals surface area (Å²) in [4.78, 5) is 42.0. The Morgan fingerprint density at radius 3 is 2.40 bits per heavy atom. The molecule has 1 aliphatic rings. The van der Waals surface area contributed by atoms with Crippen molar-refractivity contribution in [2.75, 3.05) is 24.5 Å². The molecular formula is C33H35Cl2N3O5. The third-order valence-electron chi connectivity index (χ3n) is 6.58. The van der Waals surface area contributed by atoms with Crippen LogP contribution in [0.15, 0.2) is 78.9 Å². The number of halogens is 2. The summed E-state index contributed by atoms with van der Waals surface area (Å²) in [5.41, 5.74) is 1.65. The quantitative estimate of drug-likeness (QED) is 0.267. The van der Waals surface area contributed by atoms with Crippen molar-refractivity contribution in [2.24, 2.45) is 0 Å². The van der Waals surface area contributed by atoms with E-state index < -0.39 is 11.7 Å². The SMILES string of the molecule is CC(C)(C)OC(=O)N[C@H]1CCN(C(=O)CN(C(=O)C=Cc2ccccc2)c2ccc(OCc3ccc(Cl)c(Cl)c3)cc2)C1. The molecule has 1 saturated heterocycles. The zero-order valence-corrected chi connectivity index (χ0v) is 25.9. The lowest BCUT2D eigenvalue weighted by atomic mass is 10.2. The molecule has 3 aromatic rings. The topological polar surface area (TPSA) is 88.2 Å². The van der Waals surface area contributed by atoms with Gasteiger partial charge >= 0.3 is 6.09 Å². The molecule has 1 aliphatic heterocycles. The molecule has 1 heterocycles. The highest BCUT2D eigenvalue weighted by atomic mass is 35.5. The normalized spacial score (nSPS) is 14.9. The largest absolute Gasteiger partial charge is 0.489 e. The highest BCUT2D eigenvalue weighted by Crippen LogP contribution is 2.25. The average Bonchev–Trinajstić information content (AvgIpc) is 3.43. The molecule has 0 spiro atoms. The summed E-state index contributed by atoms with van der Waals surface area (Å²) in [6.45, 7) is 6.30. The van der Waals surface area contributed by atoms with E-state index in [0.29, 0.717) is 41.0 Å². The molecule has 0 saturated carbocycles. The number of benzene rings is 3. The van der Waals surface area contributed by atoms with Gasteiger partial charge in [-0.3, -0.25) is 14.5 Å². The smallest absolute Gasteiger partial charge is 0.407 e. The summed E-state index contributed by atoms with van der Waals surface area (Å²) in [5.74, 6) is 0.0168. The molecule has 1 fully saturated rings. The lowest BCUT2D eigenvalue weighted by Gasteiger charge is -2.25. The number of alkyl carbamates (subject to hydrolysis) is 1. The first-order valence-electron chi connectivity index (χ1n) is 14.0. The number of hydrogen-bond donors (Lipinski definition) is 1. The Bertz CT molecular complexity index is 1460. The fourth-order valence-corrected chi connectivity index (χ4v) is 4.77. The Morgan fingerprint density at radius 1 is 1.00 bits per heavy atom. The number of amides is 3. The molecule has 8 nitrogen and oxygen atoms in total. The van der Waals surface area contributed by atoms with Crippen molar-refractivity contribution < 1.29 is 23.9 Å². The summed E-state index contributed by atoms with van der Waals surface area (Å²) in [5, 5.41) is 3.75. The molecule has 1 atom stereocenters. The van der Waals surface area contributed by atoms with E-state index in [1.807, 2.05) is 36.4 Å². The second-order valence-electron chi connectivity index (χ2n) is 11.2. The van der Waals surface area contributed by atoms with Gasteiger partial charge in [-0.15, -0.1) is 0 Å². The maximum atomic E-state index is 13.4. The lowest BCUT2D eigenvalue weighted by molar-refractivity contribution is -0.130. The third-order valence-corrected chi connectivity index (χ3v) is 7.32. The van der Waals surface area contributed by atoms with Crippen LogP contribution in [-0.4, -0.2) is 54.1 Å². The summed E-state index contributed by atoms with van der Waals surface area (Å²) in [6.07, 6.45) is 3.24. The van der Waals surface area contributed by atoms with E-state index in [0.717, 1.165) is 11.1 Å². The van der Waals surface area contributed by atoms with Crippen molar-refractivity contribution in [3.05, 3.63) is 100 Å². The standard InChI is InChI=1S/C33H35Cl2N3O5/c1-33(2,3)43-32(41)36-25-17-18-37(20-25)31(40)21-38(30(39)16-10-23-7-5-4-6-8-23)26-11-13-27(14-12-26)42-22-24-9-15-28(34)29(35)19-24/h4-16,19,25H,17-18,20-22H2,1-3H3,(H,36,41)/t25-/m0/s1. The molecule has 10 heteroatoms. The number of hydrogen-bond acceptors (Lipinski definition) is 5. The van der Waals surface area contributed by atoms with Gasteiger partial charge in [0.05, 0.1) is 16.1 Å². The number of likely N-dealkylation sites (tertiary alicyclic amines) is 1. The van der Waals surface area contributed by atoms with E-state index in [-0.39, 0.29) is 31.0 Å². The number of carbonyl (C=O) groups is 3. The van der Waals surface area contributed by atoms with E-state index in [1.165, 1.54) is 11.0 Å². The van der Waals surface area contributed by atoms with Gasteiger partial charge in [-0.05, 0) is 80.8 Å². The Hall–Kier alpha value is -4.01. The van der Waals surface area contributed by atoms with Crippen molar-refractivity contribution in [3.63, 3.8) is 0 Å². The van der Waals surface area contributed by atoms with Crippen molar-refractivity contribution in [1.82, 2.24) is 10.2 Å². The number of rotatable bonds is 9. The van der Waals surface area contributed by atoms with E-state index >= 15 is 0 Å². The van der Waals surface area contributed by atoms with Crippen LogP contribution in [0.1, 0.15) is 38.3 Å². The molecule has 3 aromatic carbocycles. The number of nitrogens with zero attached hydrogens (tertiary/aromatic N) is 2. The van der Waals surface area contributed by atoms with Crippen LogP contribution in [0.5, 0.6) is 5.75 Å². The molecule has 1 N–H and O–H groups in total. The second-order valence-corrected chi connectivity index (χ2v) is 12.0. The van der Waals surface area contributed by atoms with Crippen LogP contribution in [0.3, 0.4) is 0 Å². The van der Waals surface area contributed by atoms with Gasteiger partial charge in [0.2, 0.25) is 5.91 Å². The highest BCUT2D eigenvalue weighted by molar-refractivity contribution is 6.42. The van der Waals surface area contributed by atoms with E-state index in [2.05, 4.69) is 5.32 Å². The van der Waals surface area contributed by atoms with Crippen LogP contribution in [0, 0.1) is 0 Å². The van der Waals surface area contributed by atoms with E-state index in [9.17, 15) is 14.4 Å². The highest BCUT2D eigenvalue weighted by Gasteiger charge is 2.30. The van der Waals surface area contributed by atoms with Gasteiger partial charge in [-0.25, -0.2) is 4.79 Å². The molecule has 0 aliphatic carbocycles. The first-order chi connectivity index (χ1) is 20.5. The molecule has 43 heavy (non-hydrogen) atoms. The van der Waals surface area contributed by atoms with Gasteiger partial charge in [0.25, 0.3) is 5.91 Å². The van der Waals surface area contributed by atoms with Crippen LogP contribution < -0.4 is 15.0 Å². The van der Waals surface area contributed by atoms with Crippen LogP contribution in [0.2, 0.25) is 10.0 Å². The summed E-state index contributed by atoms with van der Waals surface area (Å²) in [6, 6.07) is 21.5. The minimum atomic E-state index is -0.615. The number of anilines is 1. The van der Waals surface area contributed by atoms with Crippen molar-refractivity contribution in [1.29, 1.82) is 0 Å². The van der Waals surface area contributed by atoms with E-state index in [4.69, 9.17) is 32.7 Å². The first kappa shape index (κ1) is 31.9. The van der Waals surface area contributed by atoms with Crippen LogP contribution in [0.25, 0.3) is 6.08 Å². The molecular weight excluding hydrogens is 589 g/mol. The van der Waals surface area contributed by atoms with Crippen LogP contribution >= 0.6 is 23.2 Å². The zero-order chi connectivity index (χ0) is 31.0. The molecule has 226 valence electrons. The zero-order valence-electron chi connectivity index (χ0n) is 24.4. The molecule has 0 bridgehead atoms. The fourth-order valence-electron chi connectivity index (χ4n) is 4.45. The maximum Gasteiger partial charge on any atom is 0.407 e. The van der Waals surface area contributed by atoms with Gasteiger partial charge < -0.3 is 19.7 Å². The first-order valence-corrected chi connectivity index (χ1v) is 14.7. The van der Waals surface area contributed by atoms with Gasteiger partial charge in [0.15, 0.2) is 0 Å². The lowest BCUT2D eigenvalue weighted by Crippen LogP contribution is -2.44. The Balaban J connectivity index is 1.44. The third kappa shape index (κ3) is 9.76. The summed E-state index contributed by atoms with van der Waals surface area (Å²) < 4.78 is 11.2. The molecule has 0 aromatic heterocycles. The van der Waals surface area contributed by atoms with Gasteiger partial charge in [-0.2, -0.15) is 0 Å². The maximum absolute atomic E-state index is 13.4. The molecule has 3 amide bonds. The summed E-state index contributed by atoms with van der Waals surface area (Å²) in [7, 11) is 0. The van der Waals surface area contributed by atoms with Gasteiger partial charge in [-0.1, -0.05) is 59.6 Å². The number of nitrogens with one attached hydrogen (secondary N) is 1. The Labute approximate surface area is 262 Å². The van der Waals surface area contributed by atoms with Crippen LogP contribution in [-0.2, 0) is 20.9 Å². The minimum absolute atomic E-state index is 0.166. The molecule has 0 unspecified atom stereocenters. The Morgan fingerprint density at radius 2 is 1.72 bits per heavy atom. The van der Waals surface area contributed by atoms with Crippen molar-refractivity contribution in [3.8, 4) is 5.75 Å². The monoisotopic (exact) mass is 623 g/mol. The minimum Gasteiger partial charge on any atom is -0.489 e. The molecule has 4 rings (SSSR count). The van der Waals surface area contributed by atoms with Gasteiger partial charge in [0, 0.05) is 24.9 Å². The predicted molar refractivity (Wildman–Crippen MR) is 169 cm³/mol. The predicted octanol–water partition coefficient (Wildman–Crippen LogP) is 6.74. The summed E-state index contributed by atoms with van der Waals surface area (Å²) >= 11 is 12.1. The van der Waals surface area contributed by atoms with E-state index in [1.54, 1.807) is 68.1 Å². The van der Waals surface area contributed by atoms with Crippen molar-refractivity contribution in [2.45, 2.75) is 45.4 Å². The number of carbonyl (C=O) groups excluding carboxylic acids is 3. The second kappa shape index (κ2) is 14.4. The van der Waals surface area contributed by atoms with Crippen LogP contribution in [0.4, 0.5) is 10.5 Å². The average molecular weight is 625 g/mol. The number of ether oxygens (including phenoxy) is 2. The fraction of sp³-hybridized carbons (Fsp3) is 0.303. The Kier molecular flexibility index (Phi) is 10.7. The molecule has 0 radical (unpaired) electrons. The van der Waals surface area contributed by atoms with Crippen molar-refractivity contribution >= 4 is 52.9 Å². The van der Waals surface area contributed by atoms with Gasteiger partial charge in [0.1, 0.15) is 24.5 Å².